The van der Waals surface area contributed by atoms with Crippen LogP contribution in [0.3, 0.4) is 0 Å². The number of fused-ring (bicyclic) bond motifs is 1. The van der Waals surface area contributed by atoms with Crippen molar-refractivity contribution in [2.45, 2.75) is 6.92 Å². The monoisotopic (exact) mass is 386 g/mol. The zero-order valence-electron chi connectivity index (χ0n) is 10.2. The lowest BCUT2D eigenvalue weighted by Crippen LogP contribution is -2.09. The quantitative estimate of drug-likeness (QED) is 0.645. The molecule has 3 nitrogen and oxygen atoms in total. The Labute approximate surface area is 136 Å². The largest absolute Gasteiger partial charge is 0.297 e. The SMILES string of the molecule is Cc1ccc(Cl)c2sc(NC(=O)c3ccc(Br)s3)nc12. The number of carbonyl (C=O) groups is 1. The first-order valence-corrected chi connectivity index (χ1v) is 8.47. The molecule has 2 aromatic heterocycles. The fourth-order valence-corrected chi connectivity index (χ4v) is 4.24. The minimum atomic E-state index is -0.159. The van der Waals surface area contributed by atoms with E-state index in [2.05, 4.69) is 26.2 Å². The van der Waals surface area contributed by atoms with E-state index < -0.39 is 0 Å². The van der Waals surface area contributed by atoms with Gasteiger partial charge in [0, 0.05) is 0 Å². The Morgan fingerprint density at radius 3 is 2.75 bits per heavy atom. The van der Waals surface area contributed by atoms with Crippen molar-refractivity contribution in [2.75, 3.05) is 5.32 Å². The molecule has 0 saturated carbocycles. The van der Waals surface area contributed by atoms with Crippen LogP contribution in [0.1, 0.15) is 15.2 Å². The number of thiazole rings is 1. The van der Waals surface area contributed by atoms with E-state index in [1.54, 1.807) is 6.07 Å². The normalized spacial score (nSPS) is 10.9. The van der Waals surface area contributed by atoms with Gasteiger partial charge in [-0.2, -0.15) is 0 Å². The summed E-state index contributed by atoms with van der Waals surface area (Å²) in [5, 5.41) is 4.03. The van der Waals surface area contributed by atoms with E-state index in [0.717, 1.165) is 19.6 Å². The molecule has 3 aromatic rings. The Hall–Kier alpha value is -0.950. The molecule has 0 spiro atoms. The number of hydrogen-bond donors (Lipinski definition) is 1. The Balaban J connectivity index is 1.93. The molecule has 0 unspecified atom stereocenters. The van der Waals surface area contributed by atoms with Crippen LogP contribution >= 0.6 is 50.2 Å². The summed E-state index contributed by atoms with van der Waals surface area (Å²) in [5.74, 6) is -0.159. The molecule has 0 aliphatic carbocycles. The zero-order chi connectivity index (χ0) is 14.3. The molecule has 0 bridgehead atoms. The van der Waals surface area contributed by atoms with Crippen molar-refractivity contribution in [1.29, 1.82) is 0 Å². The molecular weight excluding hydrogens is 380 g/mol. The van der Waals surface area contributed by atoms with Gasteiger partial charge < -0.3 is 0 Å². The van der Waals surface area contributed by atoms with Crippen molar-refractivity contribution < 1.29 is 4.79 Å². The van der Waals surface area contributed by atoms with Gasteiger partial charge in [0.15, 0.2) is 5.13 Å². The molecule has 102 valence electrons. The van der Waals surface area contributed by atoms with Crippen molar-refractivity contribution in [3.63, 3.8) is 0 Å². The van der Waals surface area contributed by atoms with E-state index in [0.29, 0.717) is 15.0 Å². The number of benzene rings is 1. The predicted molar refractivity (Wildman–Crippen MR) is 89.3 cm³/mol. The second kappa shape index (κ2) is 5.44. The third-order valence-corrected chi connectivity index (χ3v) is 5.77. The first kappa shape index (κ1) is 14.0. The first-order chi connectivity index (χ1) is 9.54. The van der Waals surface area contributed by atoms with Gasteiger partial charge in [0.1, 0.15) is 0 Å². The number of thiophene rings is 1. The van der Waals surface area contributed by atoms with Gasteiger partial charge in [-0.25, -0.2) is 4.98 Å². The molecule has 0 radical (unpaired) electrons. The van der Waals surface area contributed by atoms with Gasteiger partial charge >= 0.3 is 0 Å². The van der Waals surface area contributed by atoms with Gasteiger partial charge in [0.2, 0.25) is 0 Å². The smallest absolute Gasteiger partial charge is 0.267 e. The summed E-state index contributed by atoms with van der Waals surface area (Å²) in [7, 11) is 0. The van der Waals surface area contributed by atoms with Crippen LogP contribution < -0.4 is 5.32 Å². The summed E-state index contributed by atoms with van der Waals surface area (Å²) in [4.78, 5) is 17.2. The lowest BCUT2D eigenvalue weighted by Gasteiger charge is -1.97. The maximum atomic E-state index is 12.1. The Bertz CT molecular complexity index is 773. The highest BCUT2D eigenvalue weighted by atomic mass is 79.9. The number of nitrogens with one attached hydrogen (secondary N) is 1. The molecule has 0 saturated heterocycles. The molecule has 0 atom stereocenters. The molecule has 1 N–H and O–H groups in total. The maximum Gasteiger partial charge on any atom is 0.267 e. The van der Waals surface area contributed by atoms with E-state index in [4.69, 9.17) is 11.6 Å². The van der Waals surface area contributed by atoms with Crippen LogP contribution in [0, 0.1) is 6.92 Å². The third-order valence-electron chi connectivity index (χ3n) is 2.71. The number of aryl methyl sites for hydroxylation is 1. The average Bonchev–Trinajstić information content (AvgIpc) is 3.01. The minimum Gasteiger partial charge on any atom is -0.297 e. The Kier molecular flexibility index (Phi) is 3.81. The number of carbonyl (C=O) groups excluding carboxylic acids is 1. The Morgan fingerprint density at radius 2 is 2.10 bits per heavy atom. The molecule has 3 rings (SSSR count). The topological polar surface area (TPSA) is 42.0 Å². The van der Waals surface area contributed by atoms with E-state index in [-0.39, 0.29) is 5.91 Å². The van der Waals surface area contributed by atoms with Crippen LogP contribution in [0.5, 0.6) is 0 Å². The molecule has 7 heteroatoms. The van der Waals surface area contributed by atoms with Gasteiger partial charge in [0.05, 0.1) is 23.9 Å². The molecule has 2 heterocycles. The minimum absolute atomic E-state index is 0.159. The van der Waals surface area contributed by atoms with E-state index in [9.17, 15) is 4.79 Å². The van der Waals surface area contributed by atoms with Crippen molar-refractivity contribution in [2.24, 2.45) is 0 Å². The van der Waals surface area contributed by atoms with Crippen molar-refractivity contribution in [1.82, 2.24) is 4.98 Å². The fraction of sp³-hybridized carbons (Fsp3) is 0.0769. The van der Waals surface area contributed by atoms with Crippen LogP contribution in [0.15, 0.2) is 28.1 Å². The van der Waals surface area contributed by atoms with Crippen LogP contribution in [0.25, 0.3) is 10.2 Å². The van der Waals surface area contributed by atoms with Crippen LogP contribution in [-0.4, -0.2) is 10.9 Å². The maximum absolute atomic E-state index is 12.1. The summed E-state index contributed by atoms with van der Waals surface area (Å²) in [6.45, 7) is 1.97. The van der Waals surface area contributed by atoms with Crippen molar-refractivity contribution in [3.05, 3.63) is 43.5 Å². The predicted octanol–water partition coefficient (Wildman–Crippen LogP) is 5.33. The lowest BCUT2D eigenvalue weighted by molar-refractivity contribution is 0.103. The number of hydrogen-bond acceptors (Lipinski definition) is 4. The lowest BCUT2D eigenvalue weighted by atomic mass is 10.2. The van der Waals surface area contributed by atoms with E-state index in [1.807, 2.05) is 25.1 Å². The summed E-state index contributed by atoms with van der Waals surface area (Å²) in [5.41, 5.74) is 1.88. The van der Waals surface area contributed by atoms with E-state index in [1.165, 1.54) is 22.7 Å². The second-order valence-electron chi connectivity index (χ2n) is 4.12. The van der Waals surface area contributed by atoms with Crippen LogP contribution in [-0.2, 0) is 0 Å². The first-order valence-electron chi connectivity index (χ1n) is 5.67. The van der Waals surface area contributed by atoms with Crippen molar-refractivity contribution in [3.8, 4) is 0 Å². The van der Waals surface area contributed by atoms with Crippen molar-refractivity contribution >= 4 is 71.5 Å². The zero-order valence-corrected chi connectivity index (χ0v) is 14.2. The summed E-state index contributed by atoms with van der Waals surface area (Å²) in [6.07, 6.45) is 0. The standard InChI is InChI=1S/C13H8BrClN2OS2/c1-6-2-3-7(15)11-10(6)16-13(20-11)17-12(18)8-4-5-9(14)19-8/h2-5H,1H3,(H,16,17,18). The molecule has 0 aliphatic heterocycles. The van der Waals surface area contributed by atoms with Gasteiger partial charge in [0.25, 0.3) is 5.91 Å². The van der Waals surface area contributed by atoms with Gasteiger partial charge in [-0.15, -0.1) is 11.3 Å². The number of anilines is 1. The van der Waals surface area contributed by atoms with Gasteiger partial charge in [-0.3, -0.25) is 10.1 Å². The molecule has 0 aliphatic rings. The van der Waals surface area contributed by atoms with Gasteiger partial charge in [-0.1, -0.05) is 29.0 Å². The molecule has 1 amide bonds. The highest BCUT2D eigenvalue weighted by molar-refractivity contribution is 9.11. The number of halogens is 2. The molecular formula is C13H8BrClN2OS2. The summed E-state index contributed by atoms with van der Waals surface area (Å²) >= 11 is 12.3. The summed E-state index contributed by atoms with van der Waals surface area (Å²) < 4.78 is 1.82. The van der Waals surface area contributed by atoms with Crippen LogP contribution in [0.4, 0.5) is 5.13 Å². The summed E-state index contributed by atoms with van der Waals surface area (Å²) in [6, 6.07) is 7.39. The highest BCUT2D eigenvalue weighted by Crippen LogP contribution is 2.34. The molecule has 20 heavy (non-hydrogen) atoms. The van der Waals surface area contributed by atoms with Gasteiger partial charge in [-0.05, 0) is 46.6 Å². The second-order valence-corrected chi connectivity index (χ2v) is 7.99. The molecule has 0 fully saturated rings. The fourth-order valence-electron chi connectivity index (χ4n) is 1.75. The van der Waals surface area contributed by atoms with E-state index >= 15 is 0 Å². The van der Waals surface area contributed by atoms with Crippen LogP contribution in [0.2, 0.25) is 5.02 Å². The number of rotatable bonds is 2. The number of aromatic nitrogens is 1. The highest BCUT2D eigenvalue weighted by Gasteiger charge is 2.14. The number of amides is 1. The Morgan fingerprint density at radius 1 is 1.30 bits per heavy atom. The third kappa shape index (κ3) is 2.61. The molecule has 1 aromatic carbocycles. The number of nitrogens with zero attached hydrogens (tertiary/aromatic N) is 1. The average molecular weight is 388 g/mol.